The predicted molar refractivity (Wildman–Crippen MR) is 146 cm³/mol. The summed E-state index contributed by atoms with van der Waals surface area (Å²) in [6, 6.07) is 7.95. The molecule has 0 aliphatic heterocycles. The van der Waals surface area contributed by atoms with Crippen molar-refractivity contribution in [3.8, 4) is 10.7 Å². The van der Waals surface area contributed by atoms with Crippen LogP contribution in [0.25, 0.3) is 20.9 Å². The molecule has 1 amide bonds. The van der Waals surface area contributed by atoms with Crippen LogP contribution >= 0.6 is 21.4 Å². The number of hydrogen-bond donors (Lipinski definition) is 1. The smallest absolute Gasteiger partial charge is 0.255 e. The lowest BCUT2D eigenvalue weighted by atomic mass is 10.1. The van der Waals surface area contributed by atoms with Crippen LogP contribution in [0.2, 0.25) is 0 Å². The third-order valence-corrected chi connectivity index (χ3v) is 6.81. The van der Waals surface area contributed by atoms with Crippen molar-refractivity contribution in [2.45, 2.75) is 67.0 Å². The second kappa shape index (κ2) is 12.4. The molecule has 0 bridgehead atoms. The number of nitrogens with one attached hydrogen (secondary N) is 1. The molecule has 0 unspecified atom stereocenters. The van der Waals surface area contributed by atoms with Gasteiger partial charge in [-0.25, -0.2) is 15.0 Å². The zero-order chi connectivity index (χ0) is 24.5. The third-order valence-electron chi connectivity index (χ3n) is 4.13. The predicted octanol–water partition coefficient (Wildman–Crippen LogP) is 6.82. The molecule has 0 atom stereocenters. The van der Waals surface area contributed by atoms with E-state index < -0.39 is 0 Å². The maximum absolute atomic E-state index is 12.6. The van der Waals surface area contributed by atoms with E-state index in [1.54, 1.807) is 22.2 Å². The van der Waals surface area contributed by atoms with Crippen molar-refractivity contribution in [1.82, 2.24) is 20.1 Å². The molecule has 0 fully saturated rings. The second-order valence-corrected chi connectivity index (χ2v) is 14.9. The Balaban J connectivity index is 0.000000488. The van der Waals surface area contributed by atoms with Crippen molar-refractivity contribution in [2.24, 2.45) is 0 Å². The van der Waals surface area contributed by atoms with Gasteiger partial charge in [-0.3, -0.25) is 9.48 Å². The van der Waals surface area contributed by atoms with E-state index in [9.17, 15) is 4.79 Å². The first-order valence-electron chi connectivity index (χ1n) is 11.4. The number of nitrogens with zero attached hydrogens (tertiary/aromatic N) is 3. The van der Waals surface area contributed by atoms with Crippen LogP contribution in [0.3, 0.4) is 0 Å². The minimum absolute atomic E-state index is 0.119. The minimum Gasteiger partial charge on any atom is -0.347 e. The van der Waals surface area contributed by atoms with Gasteiger partial charge in [-0.2, -0.15) is 5.10 Å². The average molecular weight is 479 g/mol. The van der Waals surface area contributed by atoms with E-state index >= 15 is 0 Å². The van der Waals surface area contributed by atoms with Crippen LogP contribution in [0.15, 0.2) is 30.5 Å². The standard InChI is InChI=1S/C17H20N4OS.C6H16S.C2H6/c1-5-21-10-11(15(22)19-17(2,3)4)14(20-21)16-18-12-8-6-7-9-13(12)23-16;1-5-6-7(2,3)4;1-2/h6-10H,5H2,1-4H3,(H,19,22);5-6H2,1-4H3;1-2H3. The highest BCUT2D eigenvalue weighted by Gasteiger charge is 2.23. The van der Waals surface area contributed by atoms with E-state index in [2.05, 4.69) is 41.1 Å². The van der Waals surface area contributed by atoms with Crippen LogP contribution < -0.4 is 5.32 Å². The number of benzene rings is 1. The molecule has 0 radical (unpaired) electrons. The number of rotatable bonds is 5. The molecule has 7 heteroatoms. The fraction of sp³-hybridized carbons (Fsp3) is 0.560. The summed E-state index contributed by atoms with van der Waals surface area (Å²) in [5.41, 5.74) is 1.85. The van der Waals surface area contributed by atoms with E-state index in [0.717, 1.165) is 15.2 Å². The molecule has 0 saturated heterocycles. The van der Waals surface area contributed by atoms with Crippen LogP contribution in [0.5, 0.6) is 0 Å². The SMILES string of the molecule is CC.CCCS(C)(C)C.CCn1cc(C(=O)NC(C)(C)C)c(-c2nc3ccccc3s2)n1. The van der Waals surface area contributed by atoms with Gasteiger partial charge in [0.05, 0.1) is 15.8 Å². The Morgan fingerprint density at radius 1 is 1.12 bits per heavy atom. The highest BCUT2D eigenvalue weighted by molar-refractivity contribution is 8.32. The van der Waals surface area contributed by atoms with Gasteiger partial charge >= 0.3 is 0 Å². The van der Waals surface area contributed by atoms with Gasteiger partial charge in [-0.15, -0.1) is 11.3 Å². The number of fused-ring (bicyclic) bond motifs is 1. The quantitative estimate of drug-likeness (QED) is 0.437. The van der Waals surface area contributed by atoms with Gasteiger partial charge in [-0.05, 0) is 70.8 Å². The van der Waals surface area contributed by atoms with Gasteiger partial charge in [0.15, 0.2) is 0 Å². The van der Waals surface area contributed by atoms with Gasteiger partial charge in [0, 0.05) is 18.3 Å². The molecular weight excluding hydrogens is 436 g/mol. The molecule has 3 rings (SSSR count). The van der Waals surface area contributed by atoms with Crippen molar-refractivity contribution < 1.29 is 4.79 Å². The Labute approximate surface area is 200 Å². The van der Waals surface area contributed by atoms with E-state index in [-0.39, 0.29) is 21.5 Å². The lowest BCUT2D eigenvalue weighted by molar-refractivity contribution is 0.0920. The molecule has 5 nitrogen and oxygen atoms in total. The number of para-hydroxylation sites is 1. The summed E-state index contributed by atoms with van der Waals surface area (Å²) >= 11 is 1.56. The lowest BCUT2D eigenvalue weighted by Crippen LogP contribution is -2.40. The third kappa shape index (κ3) is 8.94. The zero-order valence-corrected chi connectivity index (χ0v) is 23.2. The number of thiazole rings is 1. The van der Waals surface area contributed by atoms with Crippen LogP contribution in [0, 0.1) is 0 Å². The number of aromatic nitrogens is 3. The molecule has 0 aliphatic rings. The molecule has 180 valence electrons. The number of carbonyl (C=O) groups is 1. The van der Waals surface area contributed by atoms with Crippen LogP contribution in [-0.2, 0) is 6.54 Å². The molecule has 0 saturated carbocycles. The summed E-state index contributed by atoms with van der Waals surface area (Å²) in [5.74, 6) is 1.30. The Kier molecular flexibility index (Phi) is 10.9. The summed E-state index contributed by atoms with van der Waals surface area (Å²) < 4.78 is 2.87. The maximum Gasteiger partial charge on any atom is 0.255 e. The van der Waals surface area contributed by atoms with Gasteiger partial charge in [0.25, 0.3) is 5.91 Å². The van der Waals surface area contributed by atoms with E-state index in [1.807, 2.05) is 65.8 Å². The van der Waals surface area contributed by atoms with Crippen molar-refractivity contribution in [3.63, 3.8) is 0 Å². The first kappa shape index (κ1) is 28.2. The van der Waals surface area contributed by atoms with E-state index in [4.69, 9.17) is 0 Å². The Morgan fingerprint density at radius 3 is 2.22 bits per heavy atom. The first-order valence-corrected chi connectivity index (χ1v) is 15.2. The highest BCUT2D eigenvalue weighted by Crippen LogP contribution is 2.34. The molecular formula is C25H42N4OS2. The lowest BCUT2D eigenvalue weighted by Gasteiger charge is -2.23. The topological polar surface area (TPSA) is 59.8 Å². The summed E-state index contributed by atoms with van der Waals surface area (Å²) in [5, 5.41) is 8.33. The highest BCUT2D eigenvalue weighted by atomic mass is 32.3. The van der Waals surface area contributed by atoms with Crippen LogP contribution in [0.4, 0.5) is 0 Å². The van der Waals surface area contributed by atoms with Gasteiger partial charge in [0.1, 0.15) is 10.7 Å². The summed E-state index contributed by atoms with van der Waals surface area (Å²) in [6.45, 7) is 14.9. The fourth-order valence-corrected chi connectivity index (χ4v) is 5.09. The van der Waals surface area contributed by atoms with E-state index in [1.165, 1.54) is 12.2 Å². The van der Waals surface area contributed by atoms with Crippen LogP contribution in [-0.4, -0.2) is 50.7 Å². The summed E-state index contributed by atoms with van der Waals surface area (Å²) in [6.07, 6.45) is 10.2. The molecule has 1 aromatic carbocycles. The number of carbonyl (C=O) groups excluding carboxylic acids is 1. The Morgan fingerprint density at radius 2 is 1.75 bits per heavy atom. The minimum atomic E-state index is -0.295. The first-order chi connectivity index (χ1) is 14.9. The second-order valence-electron chi connectivity index (χ2n) is 9.23. The molecule has 0 spiro atoms. The fourth-order valence-electron chi connectivity index (χ4n) is 2.90. The van der Waals surface area contributed by atoms with Crippen molar-refractivity contribution in [1.29, 1.82) is 0 Å². The summed E-state index contributed by atoms with van der Waals surface area (Å²) in [7, 11) is -0.174. The average Bonchev–Trinajstić information content (AvgIpc) is 3.32. The largest absolute Gasteiger partial charge is 0.347 e. The monoisotopic (exact) mass is 478 g/mol. The number of amides is 1. The molecule has 2 heterocycles. The Bertz CT molecular complexity index is 945. The van der Waals surface area contributed by atoms with Crippen LogP contribution in [0.1, 0.15) is 65.2 Å². The van der Waals surface area contributed by atoms with Gasteiger partial charge < -0.3 is 5.32 Å². The van der Waals surface area contributed by atoms with Crippen molar-refractivity contribution in [2.75, 3.05) is 24.5 Å². The number of aryl methyl sites for hydroxylation is 1. The molecule has 1 N–H and O–H groups in total. The molecule has 3 aromatic rings. The molecule has 0 aliphatic carbocycles. The normalized spacial score (nSPS) is 11.8. The zero-order valence-electron chi connectivity index (χ0n) is 21.6. The van der Waals surface area contributed by atoms with Gasteiger partial charge in [0.2, 0.25) is 0 Å². The van der Waals surface area contributed by atoms with Crippen molar-refractivity contribution in [3.05, 3.63) is 36.0 Å². The van der Waals surface area contributed by atoms with E-state index in [0.29, 0.717) is 17.8 Å². The summed E-state index contributed by atoms with van der Waals surface area (Å²) in [4.78, 5) is 17.2. The maximum atomic E-state index is 12.6. The molecule has 2 aromatic heterocycles. The molecule has 32 heavy (non-hydrogen) atoms. The van der Waals surface area contributed by atoms with Gasteiger partial charge in [-0.1, -0.05) is 32.9 Å². The Hall–Kier alpha value is -1.86. The number of hydrogen-bond acceptors (Lipinski definition) is 4. The van der Waals surface area contributed by atoms with Crippen molar-refractivity contribution >= 4 is 37.5 Å².